The summed E-state index contributed by atoms with van der Waals surface area (Å²) in [5.41, 5.74) is 2.21. The van der Waals surface area contributed by atoms with Crippen molar-refractivity contribution in [3.05, 3.63) is 90.0 Å². The number of hydrogen-bond donors (Lipinski definition) is 1. The second kappa shape index (κ2) is 13.4. The van der Waals surface area contributed by atoms with Crippen molar-refractivity contribution in [3.63, 3.8) is 0 Å². The Hall–Kier alpha value is -3.30. The molecule has 3 aromatic carbocycles. The molecule has 1 N–H and O–H groups in total. The number of benzene rings is 3. The van der Waals surface area contributed by atoms with Gasteiger partial charge >= 0.3 is 0 Å². The minimum atomic E-state index is -4.08. The van der Waals surface area contributed by atoms with Crippen molar-refractivity contribution in [1.82, 2.24) is 10.2 Å². The van der Waals surface area contributed by atoms with Gasteiger partial charge in [-0.2, -0.15) is 0 Å². The monoisotopic (exact) mass is 579 g/mol. The summed E-state index contributed by atoms with van der Waals surface area (Å²) < 4.78 is 29.0. The summed E-state index contributed by atoms with van der Waals surface area (Å²) >= 11 is 1.52. The number of rotatable bonds is 11. The first-order valence-corrected chi connectivity index (χ1v) is 16.2. The Morgan fingerprint density at radius 3 is 2.17 bits per heavy atom. The molecule has 1 saturated carbocycles. The third-order valence-electron chi connectivity index (χ3n) is 7.31. The molecule has 9 heteroatoms. The van der Waals surface area contributed by atoms with Crippen molar-refractivity contribution in [3.8, 4) is 0 Å². The molecule has 1 fully saturated rings. The maximum atomic E-state index is 14.0. The van der Waals surface area contributed by atoms with Crippen molar-refractivity contribution in [2.24, 2.45) is 0 Å². The third-order valence-corrected chi connectivity index (χ3v) is 9.84. The molecule has 0 bridgehead atoms. The Balaban J connectivity index is 1.66. The normalized spacial score (nSPS) is 14.5. The lowest BCUT2D eigenvalue weighted by atomic mass is 10.1. The number of nitrogens with zero attached hydrogens (tertiary/aromatic N) is 2. The van der Waals surface area contributed by atoms with E-state index in [9.17, 15) is 18.0 Å². The average molecular weight is 580 g/mol. The Kier molecular flexibility index (Phi) is 9.92. The topological polar surface area (TPSA) is 86.8 Å². The molecule has 0 heterocycles. The summed E-state index contributed by atoms with van der Waals surface area (Å²) in [6.07, 6.45) is 5.94. The largest absolute Gasteiger partial charge is 0.352 e. The first kappa shape index (κ1) is 29.7. The van der Waals surface area contributed by atoms with Crippen LogP contribution in [0.2, 0.25) is 0 Å². The summed E-state index contributed by atoms with van der Waals surface area (Å²) in [6, 6.07) is 22.4. The van der Waals surface area contributed by atoms with Gasteiger partial charge in [-0.05, 0) is 74.9 Å². The van der Waals surface area contributed by atoms with E-state index in [-0.39, 0.29) is 23.4 Å². The number of amides is 2. The lowest BCUT2D eigenvalue weighted by Gasteiger charge is -2.32. The van der Waals surface area contributed by atoms with Gasteiger partial charge in [0.05, 0.1) is 10.6 Å². The smallest absolute Gasteiger partial charge is 0.264 e. The average Bonchev–Trinajstić information content (AvgIpc) is 3.48. The molecule has 40 heavy (non-hydrogen) atoms. The number of thioether (sulfide) groups is 1. The molecule has 3 aromatic rings. The Morgan fingerprint density at radius 1 is 0.950 bits per heavy atom. The zero-order valence-electron chi connectivity index (χ0n) is 23.2. The van der Waals surface area contributed by atoms with Crippen LogP contribution in [0.3, 0.4) is 0 Å². The number of nitrogens with one attached hydrogen (secondary N) is 1. The predicted molar refractivity (Wildman–Crippen MR) is 161 cm³/mol. The number of carbonyl (C=O) groups excluding carboxylic acids is 2. The molecule has 212 valence electrons. The van der Waals surface area contributed by atoms with Gasteiger partial charge in [0.2, 0.25) is 11.8 Å². The molecule has 0 radical (unpaired) electrons. The van der Waals surface area contributed by atoms with E-state index < -0.39 is 28.5 Å². The summed E-state index contributed by atoms with van der Waals surface area (Å²) in [6.45, 7) is 3.37. The molecule has 1 aliphatic rings. The van der Waals surface area contributed by atoms with Crippen LogP contribution >= 0.6 is 11.8 Å². The van der Waals surface area contributed by atoms with Gasteiger partial charge in [-0.1, -0.05) is 60.9 Å². The van der Waals surface area contributed by atoms with E-state index in [1.807, 2.05) is 55.6 Å². The molecular weight excluding hydrogens is 542 g/mol. The van der Waals surface area contributed by atoms with Gasteiger partial charge in [-0.15, -0.1) is 11.8 Å². The Labute approximate surface area is 242 Å². The molecule has 0 spiro atoms. The lowest BCUT2D eigenvalue weighted by Crippen LogP contribution is -2.52. The van der Waals surface area contributed by atoms with Gasteiger partial charge in [0, 0.05) is 17.5 Å². The van der Waals surface area contributed by atoms with Gasteiger partial charge in [0.15, 0.2) is 0 Å². The van der Waals surface area contributed by atoms with Crippen LogP contribution in [0.5, 0.6) is 0 Å². The minimum Gasteiger partial charge on any atom is -0.352 e. The van der Waals surface area contributed by atoms with Crippen molar-refractivity contribution >= 4 is 39.3 Å². The number of sulfonamides is 1. The van der Waals surface area contributed by atoms with Gasteiger partial charge < -0.3 is 10.2 Å². The number of aryl methyl sites for hydroxylation is 1. The molecule has 4 rings (SSSR count). The number of carbonyl (C=O) groups is 2. The highest BCUT2D eigenvalue weighted by Crippen LogP contribution is 2.27. The molecular formula is C31H37N3O4S2. The van der Waals surface area contributed by atoms with E-state index in [0.717, 1.165) is 46.0 Å². The second-order valence-electron chi connectivity index (χ2n) is 10.2. The third kappa shape index (κ3) is 7.26. The fourth-order valence-electron chi connectivity index (χ4n) is 4.87. The molecule has 0 unspecified atom stereocenters. The molecule has 0 aromatic heterocycles. The Bertz CT molecular complexity index is 1390. The maximum Gasteiger partial charge on any atom is 0.264 e. The molecule has 0 saturated heterocycles. The van der Waals surface area contributed by atoms with E-state index in [1.54, 1.807) is 43.3 Å². The standard InChI is InChI=1S/C31H37N3O4S2/c1-23-13-15-27(16-14-23)34(40(37,38)29-19-17-28(39-3)18-20-29)22-30(35)33(21-25-9-5-4-6-10-25)24(2)31(36)32-26-11-7-8-12-26/h4-6,9-10,13-20,24,26H,7-8,11-12,21-22H2,1-3H3,(H,32,36)/t24-/m0/s1. The van der Waals surface area contributed by atoms with E-state index in [2.05, 4.69) is 5.32 Å². The summed E-state index contributed by atoms with van der Waals surface area (Å²) in [5.74, 6) is -0.684. The van der Waals surface area contributed by atoms with Gasteiger partial charge in [0.25, 0.3) is 10.0 Å². The van der Waals surface area contributed by atoms with E-state index in [0.29, 0.717) is 5.69 Å². The zero-order chi connectivity index (χ0) is 28.7. The number of hydrogen-bond acceptors (Lipinski definition) is 5. The van der Waals surface area contributed by atoms with Crippen LogP contribution in [0, 0.1) is 6.92 Å². The highest BCUT2D eigenvalue weighted by atomic mass is 32.2. The van der Waals surface area contributed by atoms with Crippen LogP contribution in [0.25, 0.3) is 0 Å². The maximum absolute atomic E-state index is 14.0. The van der Waals surface area contributed by atoms with Crippen molar-refractivity contribution in [1.29, 1.82) is 0 Å². The Morgan fingerprint density at radius 2 is 1.57 bits per heavy atom. The zero-order valence-corrected chi connectivity index (χ0v) is 24.9. The highest BCUT2D eigenvalue weighted by molar-refractivity contribution is 7.98. The molecule has 7 nitrogen and oxygen atoms in total. The van der Waals surface area contributed by atoms with Gasteiger partial charge in [-0.3, -0.25) is 13.9 Å². The van der Waals surface area contributed by atoms with Crippen LogP contribution in [0.4, 0.5) is 5.69 Å². The molecule has 0 aliphatic heterocycles. The van der Waals surface area contributed by atoms with Crippen LogP contribution in [-0.2, 0) is 26.2 Å². The minimum absolute atomic E-state index is 0.0975. The van der Waals surface area contributed by atoms with E-state index >= 15 is 0 Å². The molecule has 1 atom stereocenters. The lowest BCUT2D eigenvalue weighted by molar-refractivity contribution is -0.139. The van der Waals surface area contributed by atoms with E-state index in [1.165, 1.54) is 16.7 Å². The van der Waals surface area contributed by atoms with Crippen molar-refractivity contribution in [2.45, 2.75) is 68.0 Å². The van der Waals surface area contributed by atoms with Crippen LogP contribution in [0.1, 0.15) is 43.7 Å². The van der Waals surface area contributed by atoms with Crippen LogP contribution in [0.15, 0.2) is 88.7 Å². The highest BCUT2D eigenvalue weighted by Gasteiger charge is 2.33. The fraction of sp³-hybridized carbons (Fsp3) is 0.355. The second-order valence-corrected chi connectivity index (χ2v) is 12.9. The van der Waals surface area contributed by atoms with Crippen LogP contribution in [-0.4, -0.2) is 50.0 Å². The van der Waals surface area contributed by atoms with Crippen molar-refractivity contribution < 1.29 is 18.0 Å². The first-order valence-electron chi connectivity index (χ1n) is 13.6. The van der Waals surface area contributed by atoms with Gasteiger partial charge in [-0.25, -0.2) is 8.42 Å². The predicted octanol–water partition coefficient (Wildman–Crippen LogP) is 5.39. The fourth-order valence-corrected chi connectivity index (χ4v) is 6.69. The van der Waals surface area contributed by atoms with Crippen molar-refractivity contribution in [2.75, 3.05) is 17.1 Å². The van der Waals surface area contributed by atoms with Crippen LogP contribution < -0.4 is 9.62 Å². The quantitative estimate of drug-likeness (QED) is 0.308. The summed E-state index contributed by atoms with van der Waals surface area (Å²) in [4.78, 5) is 29.8. The SMILES string of the molecule is CSc1ccc(S(=O)(=O)N(CC(=O)N(Cc2ccccc2)[C@@H](C)C(=O)NC2CCCC2)c2ccc(C)cc2)cc1. The summed E-state index contributed by atoms with van der Waals surface area (Å²) in [7, 11) is -4.08. The summed E-state index contributed by atoms with van der Waals surface area (Å²) in [5, 5.41) is 3.09. The van der Waals surface area contributed by atoms with Gasteiger partial charge in [0.1, 0.15) is 12.6 Å². The van der Waals surface area contributed by atoms with E-state index in [4.69, 9.17) is 0 Å². The first-order chi connectivity index (χ1) is 19.2. The molecule has 1 aliphatic carbocycles. The molecule has 2 amide bonds. The number of anilines is 1.